The third-order valence-electron chi connectivity index (χ3n) is 4.12. The largest absolute Gasteiger partial charge is 0.478 e. The third-order valence-corrected chi connectivity index (χ3v) is 4.12. The summed E-state index contributed by atoms with van der Waals surface area (Å²) in [5.41, 5.74) is 3.44. The number of hydrogen-bond donors (Lipinski definition) is 2. The van der Waals surface area contributed by atoms with Gasteiger partial charge in [0.1, 0.15) is 0 Å². The highest BCUT2D eigenvalue weighted by molar-refractivity contribution is 6.03. The van der Waals surface area contributed by atoms with E-state index < -0.39 is 5.97 Å². The van der Waals surface area contributed by atoms with E-state index in [1.165, 1.54) is 0 Å². The Labute approximate surface area is 139 Å². The lowest BCUT2D eigenvalue weighted by Crippen LogP contribution is -2.14. The third kappa shape index (κ3) is 2.71. The van der Waals surface area contributed by atoms with Crippen molar-refractivity contribution in [3.8, 4) is 11.1 Å². The van der Waals surface area contributed by atoms with E-state index in [-0.39, 0.29) is 11.0 Å². The second-order valence-corrected chi connectivity index (χ2v) is 5.96. The number of carbonyl (C=O) groups is 1. The SMILES string of the molecule is CCCc1[nH]c2c(C(=O)O)cc(C)cc2c(=O)c1-c1ccccc1. The van der Waals surface area contributed by atoms with Gasteiger partial charge in [-0.25, -0.2) is 4.79 Å². The van der Waals surface area contributed by atoms with Crippen LogP contribution in [-0.2, 0) is 6.42 Å². The van der Waals surface area contributed by atoms with E-state index in [2.05, 4.69) is 4.98 Å². The predicted octanol–water partition coefficient (Wildman–Crippen LogP) is 4.15. The van der Waals surface area contributed by atoms with Gasteiger partial charge in [-0.1, -0.05) is 43.7 Å². The number of aromatic amines is 1. The van der Waals surface area contributed by atoms with Gasteiger partial charge in [-0.05, 0) is 36.6 Å². The monoisotopic (exact) mass is 321 g/mol. The average molecular weight is 321 g/mol. The van der Waals surface area contributed by atoms with Crippen molar-refractivity contribution in [3.05, 3.63) is 69.5 Å². The number of benzene rings is 2. The lowest BCUT2D eigenvalue weighted by Gasteiger charge is -2.13. The van der Waals surface area contributed by atoms with Crippen LogP contribution in [0.4, 0.5) is 0 Å². The Kier molecular flexibility index (Phi) is 4.21. The molecule has 2 aromatic carbocycles. The fourth-order valence-corrected chi connectivity index (χ4v) is 3.10. The number of aryl methyl sites for hydroxylation is 2. The summed E-state index contributed by atoms with van der Waals surface area (Å²) in [5, 5.41) is 9.91. The maximum Gasteiger partial charge on any atom is 0.337 e. The zero-order valence-electron chi connectivity index (χ0n) is 13.7. The smallest absolute Gasteiger partial charge is 0.337 e. The van der Waals surface area contributed by atoms with Crippen molar-refractivity contribution in [2.75, 3.05) is 0 Å². The van der Waals surface area contributed by atoms with Crippen LogP contribution in [-0.4, -0.2) is 16.1 Å². The molecule has 122 valence electrons. The van der Waals surface area contributed by atoms with Crippen molar-refractivity contribution in [1.29, 1.82) is 0 Å². The van der Waals surface area contributed by atoms with Gasteiger partial charge in [-0.3, -0.25) is 4.79 Å². The molecule has 24 heavy (non-hydrogen) atoms. The number of pyridine rings is 1. The zero-order valence-corrected chi connectivity index (χ0v) is 13.7. The molecule has 0 aliphatic rings. The van der Waals surface area contributed by atoms with Crippen LogP contribution in [0.1, 0.15) is 35.0 Å². The summed E-state index contributed by atoms with van der Waals surface area (Å²) >= 11 is 0. The minimum atomic E-state index is -1.03. The molecule has 0 saturated heterocycles. The van der Waals surface area contributed by atoms with Crippen LogP contribution in [0.25, 0.3) is 22.0 Å². The summed E-state index contributed by atoms with van der Waals surface area (Å²) in [5.74, 6) is -1.03. The Morgan fingerprint density at radius 3 is 2.50 bits per heavy atom. The molecule has 0 atom stereocenters. The van der Waals surface area contributed by atoms with Gasteiger partial charge < -0.3 is 10.1 Å². The van der Waals surface area contributed by atoms with Crippen LogP contribution in [0.5, 0.6) is 0 Å². The van der Waals surface area contributed by atoms with Gasteiger partial charge in [0.15, 0.2) is 5.43 Å². The Bertz CT molecular complexity index is 972. The number of nitrogens with one attached hydrogen (secondary N) is 1. The fourth-order valence-electron chi connectivity index (χ4n) is 3.10. The molecule has 0 unspecified atom stereocenters. The average Bonchev–Trinajstić information content (AvgIpc) is 2.56. The van der Waals surface area contributed by atoms with Gasteiger partial charge in [-0.15, -0.1) is 0 Å². The first kappa shape index (κ1) is 16.0. The van der Waals surface area contributed by atoms with Gasteiger partial charge in [0, 0.05) is 16.6 Å². The molecule has 3 aromatic rings. The van der Waals surface area contributed by atoms with Crippen LogP contribution in [0.3, 0.4) is 0 Å². The highest BCUT2D eigenvalue weighted by Gasteiger charge is 2.18. The molecule has 2 N–H and O–H groups in total. The van der Waals surface area contributed by atoms with Crippen molar-refractivity contribution < 1.29 is 9.90 Å². The Balaban J connectivity index is 2.45. The fraction of sp³-hybridized carbons (Fsp3) is 0.200. The maximum absolute atomic E-state index is 13.1. The van der Waals surface area contributed by atoms with Gasteiger partial charge in [0.25, 0.3) is 0 Å². The quantitative estimate of drug-likeness (QED) is 0.758. The molecule has 0 fully saturated rings. The number of hydrogen-bond acceptors (Lipinski definition) is 2. The molecule has 0 saturated carbocycles. The second-order valence-electron chi connectivity index (χ2n) is 5.96. The zero-order chi connectivity index (χ0) is 17.3. The van der Waals surface area contributed by atoms with Crippen LogP contribution in [0, 0.1) is 6.92 Å². The van der Waals surface area contributed by atoms with E-state index in [1.54, 1.807) is 19.1 Å². The molecule has 0 bridgehead atoms. The molecule has 1 aromatic heterocycles. The predicted molar refractivity (Wildman–Crippen MR) is 95.7 cm³/mol. The van der Waals surface area contributed by atoms with Crippen LogP contribution < -0.4 is 5.43 Å². The first-order valence-electron chi connectivity index (χ1n) is 8.01. The number of aromatic carboxylic acids is 1. The van der Waals surface area contributed by atoms with Crippen molar-refractivity contribution in [2.24, 2.45) is 0 Å². The van der Waals surface area contributed by atoms with Crippen molar-refractivity contribution in [1.82, 2.24) is 4.98 Å². The van der Waals surface area contributed by atoms with Crippen LogP contribution in [0.15, 0.2) is 47.3 Å². The number of fused-ring (bicyclic) bond motifs is 1. The van der Waals surface area contributed by atoms with Crippen molar-refractivity contribution in [2.45, 2.75) is 26.7 Å². The summed E-state index contributed by atoms with van der Waals surface area (Å²) < 4.78 is 0. The van der Waals surface area contributed by atoms with Crippen LogP contribution >= 0.6 is 0 Å². The summed E-state index contributed by atoms with van der Waals surface area (Å²) in [6.07, 6.45) is 1.54. The number of carboxylic acid groups (broad SMARTS) is 1. The molecule has 0 radical (unpaired) electrons. The van der Waals surface area contributed by atoms with E-state index >= 15 is 0 Å². The van der Waals surface area contributed by atoms with E-state index in [4.69, 9.17) is 0 Å². The van der Waals surface area contributed by atoms with Crippen LogP contribution in [0.2, 0.25) is 0 Å². The first-order chi connectivity index (χ1) is 11.5. The van der Waals surface area contributed by atoms with Gasteiger partial charge in [0.05, 0.1) is 11.1 Å². The van der Waals surface area contributed by atoms with E-state index in [0.717, 1.165) is 23.2 Å². The second kappa shape index (κ2) is 6.32. The minimum absolute atomic E-state index is 0.121. The molecule has 0 spiro atoms. The van der Waals surface area contributed by atoms with E-state index in [9.17, 15) is 14.7 Å². The van der Waals surface area contributed by atoms with E-state index in [0.29, 0.717) is 22.9 Å². The number of aromatic nitrogens is 1. The molecule has 1 heterocycles. The summed E-state index contributed by atoms with van der Waals surface area (Å²) in [4.78, 5) is 28.0. The number of carboxylic acids is 1. The van der Waals surface area contributed by atoms with Gasteiger partial charge >= 0.3 is 5.97 Å². The van der Waals surface area contributed by atoms with Gasteiger partial charge in [-0.2, -0.15) is 0 Å². The number of rotatable bonds is 4. The highest BCUT2D eigenvalue weighted by atomic mass is 16.4. The summed E-state index contributed by atoms with van der Waals surface area (Å²) in [6.45, 7) is 3.83. The molecule has 0 amide bonds. The normalized spacial score (nSPS) is 10.9. The minimum Gasteiger partial charge on any atom is -0.478 e. The molecular weight excluding hydrogens is 302 g/mol. The first-order valence-corrected chi connectivity index (χ1v) is 8.01. The lowest BCUT2D eigenvalue weighted by molar-refractivity contribution is 0.0698. The van der Waals surface area contributed by atoms with Gasteiger partial charge in [0.2, 0.25) is 0 Å². The molecule has 0 aliphatic carbocycles. The Morgan fingerprint density at radius 2 is 1.88 bits per heavy atom. The van der Waals surface area contributed by atoms with Crippen molar-refractivity contribution in [3.63, 3.8) is 0 Å². The van der Waals surface area contributed by atoms with Crippen molar-refractivity contribution >= 4 is 16.9 Å². The molecule has 0 aliphatic heterocycles. The molecule has 4 heteroatoms. The Morgan fingerprint density at radius 1 is 1.17 bits per heavy atom. The molecule has 3 rings (SSSR count). The standard InChI is InChI=1S/C20H19NO3/c1-3-7-16-17(13-8-5-4-6-9-13)19(22)14-10-12(2)11-15(20(23)24)18(14)21-16/h4-6,8-11H,3,7H2,1-2H3,(H,21,22)(H,23,24). The molecule has 4 nitrogen and oxygen atoms in total. The highest BCUT2D eigenvalue weighted by Crippen LogP contribution is 2.25. The Hall–Kier alpha value is -2.88. The summed E-state index contributed by atoms with van der Waals surface area (Å²) in [6, 6.07) is 12.9. The molecular formula is C20H19NO3. The topological polar surface area (TPSA) is 70.2 Å². The van der Waals surface area contributed by atoms with E-state index in [1.807, 2.05) is 37.3 Å². The lowest BCUT2D eigenvalue weighted by atomic mass is 9.96. The maximum atomic E-state index is 13.1. The number of H-pyrrole nitrogens is 1. The summed E-state index contributed by atoms with van der Waals surface area (Å²) in [7, 11) is 0.